The summed E-state index contributed by atoms with van der Waals surface area (Å²) in [5.41, 5.74) is 0. The normalized spacial score (nSPS) is 1.75. The van der Waals surface area contributed by atoms with E-state index >= 15 is 0 Å². The molecule has 0 atom stereocenters. The molecule has 0 aromatic rings. The molecule has 0 aromatic carbocycles. The summed E-state index contributed by atoms with van der Waals surface area (Å²) in [6.45, 7) is 0. The summed E-state index contributed by atoms with van der Waals surface area (Å²) in [7, 11) is 0. The van der Waals surface area contributed by atoms with Crippen molar-refractivity contribution in [3.63, 3.8) is 0 Å². The number of hydrogen-bond donors (Lipinski definition) is 1. The molecule has 4 heteroatoms. The van der Waals surface area contributed by atoms with Crippen LogP contribution >= 0.6 is 3.76 Å². The number of halogens is 1. The molecule has 0 rings (SSSR count). The van der Waals surface area contributed by atoms with Crippen LogP contribution in [0.15, 0.2) is 0 Å². The molecule has 0 bridgehead atoms. The van der Waals surface area contributed by atoms with Gasteiger partial charge in [0.2, 0.25) is 0 Å². The molecule has 0 amide bonds. The van der Waals surface area contributed by atoms with E-state index in [1.807, 2.05) is 0 Å². The van der Waals surface area contributed by atoms with Crippen LogP contribution in [-0.2, 0) is 0 Å². The second-order valence-corrected chi connectivity index (χ2v) is 0. The fourth-order valence-electron chi connectivity index (χ4n) is 0. The van der Waals surface area contributed by atoms with Crippen molar-refractivity contribution in [1.82, 2.24) is 6.15 Å². The van der Waals surface area contributed by atoms with Crippen molar-refractivity contribution in [3.05, 3.63) is 0 Å². The van der Waals surface area contributed by atoms with Gasteiger partial charge in [0.1, 0.15) is 0 Å². The summed E-state index contributed by atoms with van der Waals surface area (Å²) in [6.07, 6.45) is 0. The average Bonchev–Trinajstić information content (AvgIpc) is 1.00. The molecule has 0 radical (unpaired) electrons. The summed E-state index contributed by atoms with van der Waals surface area (Å²) in [6, 6.07) is 0. The van der Waals surface area contributed by atoms with Gasteiger partial charge in [-0.2, -0.15) is 0 Å². The summed E-state index contributed by atoms with van der Waals surface area (Å²) < 4.78 is 4.83. The van der Waals surface area contributed by atoms with E-state index < -0.39 is 0 Å². The topological polar surface area (TPSA) is 66.5 Å². The molecule has 0 fully saturated rings. The van der Waals surface area contributed by atoms with E-state index in [2.05, 4.69) is 0 Å². The summed E-state index contributed by atoms with van der Waals surface area (Å²) in [5, 5.41) is 0. The molecule has 0 heterocycles. The van der Waals surface area contributed by atoms with Crippen molar-refractivity contribution in [2.24, 2.45) is 0 Å². The first-order valence-electron chi connectivity index (χ1n) is 0.378. The molecule has 0 aliphatic heterocycles. The van der Waals surface area contributed by atoms with Crippen LogP contribution in [0.5, 0.6) is 0 Å². The minimum absolute atomic E-state index is 0. The molecule has 0 spiro atoms. The van der Waals surface area contributed by atoms with Crippen molar-refractivity contribution < 1.29 is 5.48 Å². The van der Waals surface area contributed by atoms with Crippen LogP contribution in [-0.4, -0.2) is 52.6 Å². The van der Waals surface area contributed by atoms with Gasteiger partial charge in [0.15, 0.2) is 0 Å². The summed E-state index contributed by atoms with van der Waals surface area (Å²) >= 11 is 0.535. The quantitative estimate of drug-likeness (QED) is 0.425. The van der Waals surface area contributed by atoms with Crippen LogP contribution in [0.4, 0.5) is 0 Å². The third kappa shape index (κ3) is 9.14. The third-order valence-corrected chi connectivity index (χ3v) is 0. The van der Waals surface area contributed by atoms with Gasteiger partial charge in [0, 0.05) is 0 Å². The summed E-state index contributed by atoms with van der Waals surface area (Å²) in [5.74, 6) is 0. The molecule has 2 nitrogen and oxygen atoms in total. The Kier molecular flexibility index (Phi) is 89.1. The van der Waals surface area contributed by atoms with Gasteiger partial charge < -0.3 is 11.6 Å². The van der Waals surface area contributed by atoms with Gasteiger partial charge in [0.25, 0.3) is 0 Å². The Hall–Kier alpha value is 1.85. The first kappa shape index (κ1) is 16.9. The fourth-order valence-corrected chi connectivity index (χ4v) is 0. The van der Waals surface area contributed by atoms with Crippen molar-refractivity contribution in [2.45, 2.75) is 0 Å². The number of hydrogen-bond acceptors (Lipinski definition) is 1. The van der Waals surface area contributed by atoms with Gasteiger partial charge in [-0.15, -0.1) is 0 Å². The van der Waals surface area contributed by atoms with Gasteiger partial charge in [-0.3, -0.25) is 0 Å². The Morgan fingerprint density at radius 1 is 1.25 bits per heavy atom. The second kappa shape index (κ2) is 21.0. The van der Waals surface area contributed by atoms with Crippen molar-refractivity contribution in [2.75, 3.05) is 0 Å². The molecule has 0 aromatic heterocycles. The number of rotatable bonds is 0. The maximum absolute atomic E-state index is 4.83. The molecule has 0 unspecified atom stereocenters. The van der Waals surface area contributed by atoms with E-state index in [1.165, 1.54) is 0 Å². The summed E-state index contributed by atoms with van der Waals surface area (Å²) in [4.78, 5) is 0. The average molecular weight is 110 g/mol. The van der Waals surface area contributed by atoms with E-state index in [0.717, 1.165) is 0 Å². The minimum atomic E-state index is 0. The zero-order valence-corrected chi connectivity index (χ0v) is 6.46. The maximum atomic E-state index is 4.83. The second-order valence-electron chi connectivity index (χ2n) is 0. The Morgan fingerprint density at radius 2 is 1.25 bits per heavy atom. The molecule has 0 saturated heterocycles. The molecule has 24 valence electrons. The van der Waals surface area contributed by atoms with E-state index in [0.29, 0.717) is 47.1 Å². The zero-order valence-electron chi connectivity index (χ0n) is 2.59. The van der Waals surface area contributed by atoms with E-state index in [1.54, 1.807) is 0 Å². The molecule has 4 heavy (non-hydrogen) atoms. The van der Waals surface area contributed by atoms with Crippen LogP contribution in [0, 0.1) is 0 Å². The predicted octanol–water partition coefficient (Wildman–Crippen LogP) is -0.354. The van der Waals surface area contributed by atoms with Gasteiger partial charge in [0.05, 0.1) is 0 Å². The molecule has 0 saturated carbocycles. The van der Waals surface area contributed by atoms with Crippen molar-refractivity contribution in [3.8, 4) is 0 Å². The molecular formula is H5ClKNO. The van der Waals surface area contributed by atoms with E-state index in [4.69, 9.17) is 3.76 Å². The molecule has 5 N–H and O–H groups in total. The van der Waals surface area contributed by atoms with Crippen LogP contribution in [0.25, 0.3) is 0 Å². The Morgan fingerprint density at radius 3 is 1.25 bits per heavy atom. The van der Waals surface area contributed by atoms with Gasteiger partial charge in [-0.25, -0.2) is 0 Å². The molecular weight excluding hydrogens is 105 g/mol. The first-order valence-corrected chi connectivity index (χ1v) is 4.68. The molecule has 0 aliphatic rings. The third-order valence-electron chi connectivity index (χ3n) is 0. The van der Waals surface area contributed by atoms with E-state index in [9.17, 15) is 0 Å². The van der Waals surface area contributed by atoms with Gasteiger partial charge in [-0.05, 0) is 0 Å². The Bertz CT molecular complexity index is 8.00. The van der Waals surface area contributed by atoms with Gasteiger partial charge >= 0.3 is 50.9 Å². The standard InChI is InChI=1S/ClH.K.H3N.H2O/h1H;;1H3;1H2/q;+1;;/p-1. The van der Waals surface area contributed by atoms with Crippen LogP contribution < -0.4 is 6.15 Å². The zero-order chi connectivity index (χ0) is 2.00. The Balaban J connectivity index is -0.00000000500. The SMILES string of the molecule is N.O.[Cl][K]. The molecule has 0 aliphatic carbocycles. The Labute approximate surface area is 61.2 Å². The van der Waals surface area contributed by atoms with Crippen molar-refractivity contribution in [1.29, 1.82) is 0 Å². The monoisotopic (exact) mass is 109 g/mol. The van der Waals surface area contributed by atoms with Crippen LogP contribution in [0.1, 0.15) is 0 Å². The van der Waals surface area contributed by atoms with Crippen molar-refractivity contribution >= 4 is 50.9 Å². The first-order chi connectivity index (χ1) is 1.00. The predicted molar refractivity (Wildman–Crippen MR) is 20.2 cm³/mol. The van der Waals surface area contributed by atoms with Crippen LogP contribution in [0.3, 0.4) is 0 Å². The fraction of sp³-hybridized carbons (Fsp3) is 0. The van der Waals surface area contributed by atoms with E-state index in [-0.39, 0.29) is 11.6 Å². The van der Waals surface area contributed by atoms with Crippen LogP contribution in [0.2, 0.25) is 0 Å². The van der Waals surface area contributed by atoms with Gasteiger partial charge in [-0.1, -0.05) is 0 Å².